The predicted octanol–water partition coefficient (Wildman–Crippen LogP) is 3.59. The third-order valence-electron chi connectivity index (χ3n) is 2.92. The Labute approximate surface area is 130 Å². The molecule has 0 aliphatic rings. The summed E-state index contributed by atoms with van der Waals surface area (Å²) >= 11 is 1.48. The highest BCUT2D eigenvalue weighted by Crippen LogP contribution is 2.30. The molecule has 0 atom stereocenters. The molecule has 0 radical (unpaired) electrons. The maximum absolute atomic E-state index is 4.66. The van der Waals surface area contributed by atoms with Crippen molar-refractivity contribution in [3.05, 3.63) is 29.3 Å². The normalized spacial score (nSPS) is 11.0. The summed E-state index contributed by atoms with van der Waals surface area (Å²) in [7, 11) is 0. The summed E-state index contributed by atoms with van der Waals surface area (Å²) in [5.74, 6) is 2.01. The zero-order valence-electron chi connectivity index (χ0n) is 13.1. The van der Waals surface area contributed by atoms with Crippen molar-refractivity contribution >= 4 is 17.6 Å². The van der Waals surface area contributed by atoms with E-state index in [0.29, 0.717) is 5.16 Å². The first-order valence-electron chi connectivity index (χ1n) is 7.10. The number of hydrogen-bond acceptors (Lipinski definition) is 6. The molecule has 2 heterocycles. The second-order valence-electron chi connectivity index (χ2n) is 5.19. The van der Waals surface area contributed by atoms with Gasteiger partial charge in [-0.15, -0.1) is 0 Å². The molecule has 0 saturated carbocycles. The molecule has 112 valence electrons. The summed E-state index contributed by atoms with van der Waals surface area (Å²) in [5.41, 5.74) is 2.09. The number of aryl methyl sites for hydroxylation is 1. The topological polar surface area (TPSA) is 63.6 Å². The predicted molar refractivity (Wildman–Crippen MR) is 85.9 cm³/mol. The fourth-order valence-corrected chi connectivity index (χ4v) is 2.50. The molecule has 21 heavy (non-hydrogen) atoms. The molecule has 0 saturated heterocycles. The van der Waals surface area contributed by atoms with E-state index in [-0.39, 0.29) is 5.92 Å². The van der Waals surface area contributed by atoms with Gasteiger partial charge in [-0.3, -0.25) is 0 Å². The number of rotatable bonds is 5. The highest BCUT2D eigenvalue weighted by Gasteiger charge is 2.14. The van der Waals surface area contributed by atoms with Gasteiger partial charge >= 0.3 is 0 Å². The van der Waals surface area contributed by atoms with Crippen LogP contribution in [0, 0.1) is 13.8 Å². The molecule has 1 N–H and O–H groups in total. The molecule has 0 aliphatic carbocycles. The minimum atomic E-state index is 0.279. The zero-order chi connectivity index (χ0) is 15.4. The van der Waals surface area contributed by atoms with Crippen LogP contribution in [-0.4, -0.2) is 26.5 Å². The molecule has 0 spiro atoms. The molecule has 5 nitrogen and oxygen atoms in total. The SMILES string of the molecule is CCNc1nc(C(C)C)nc(Sc2ncc(C)cn2)c1C. The first-order chi connectivity index (χ1) is 10.0. The molecular weight excluding hydrogens is 282 g/mol. The van der Waals surface area contributed by atoms with Crippen LogP contribution in [0.15, 0.2) is 22.6 Å². The van der Waals surface area contributed by atoms with Gasteiger partial charge in [-0.25, -0.2) is 19.9 Å². The lowest BCUT2D eigenvalue weighted by atomic mass is 10.2. The van der Waals surface area contributed by atoms with Gasteiger partial charge in [-0.1, -0.05) is 13.8 Å². The standard InChI is InChI=1S/C15H21N5S/c1-6-16-13-11(5)14(20-12(19-13)9(2)3)21-15-17-7-10(4)8-18-15/h7-9H,6H2,1-5H3,(H,16,19,20). The van der Waals surface area contributed by atoms with Crippen molar-refractivity contribution in [2.75, 3.05) is 11.9 Å². The van der Waals surface area contributed by atoms with E-state index in [2.05, 4.69) is 46.0 Å². The lowest BCUT2D eigenvalue weighted by Crippen LogP contribution is -2.08. The van der Waals surface area contributed by atoms with Crippen LogP contribution in [0.4, 0.5) is 5.82 Å². The van der Waals surface area contributed by atoms with Gasteiger partial charge in [-0.2, -0.15) is 0 Å². The highest BCUT2D eigenvalue weighted by atomic mass is 32.2. The summed E-state index contributed by atoms with van der Waals surface area (Å²) in [6.45, 7) is 11.1. The number of nitrogens with zero attached hydrogens (tertiary/aromatic N) is 4. The maximum Gasteiger partial charge on any atom is 0.193 e. The zero-order valence-corrected chi connectivity index (χ0v) is 14.0. The Morgan fingerprint density at radius 3 is 2.38 bits per heavy atom. The van der Waals surface area contributed by atoms with E-state index < -0.39 is 0 Å². The van der Waals surface area contributed by atoms with Gasteiger partial charge in [0.1, 0.15) is 16.7 Å². The summed E-state index contributed by atoms with van der Waals surface area (Å²) in [6, 6.07) is 0. The van der Waals surface area contributed by atoms with E-state index in [1.807, 2.05) is 26.2 Å². The summed E-state index contributed by atoms with van der Waals surface area (Å²) in [6.07, 6.45) is 3.64. The van der Waals surface area contributed by atoms with Crippen molar-refractivity contribution < 1.29 is 0 Å². The molecule has 0 fully saturated rings. The summed E-state index contributed by atoms with van der Waals surface area (Å²) in [4.78, 5) is 17.9. The second-order valence-corrected chi connectivity index (χ2v) is 6.15. The average Bonchev–Trinajstić information content (AvgIpc) is 2.45. The van der Waals surface area contributed by atoms with Gasteiger partial charge in [0.2, 0.25) is 0 Å². The van der Waals surface area contributed by atoms with Crippen molar-refractivity contribution in [1.29, 1.82) is 0 Å². The van der Waals surface area contributed by atoms with Crippen molar-refractivity contribution in [2.24, 2.45) is 0 Å². The summed E-state index contributed by atoms with van der Waals surface area (Å²) < 4.78 is 0. The van der Waals surface area contributed by atoms with E-state index in [0.717, 1.165) is 34.3 Å². The fourth-order valence-electron chi connectivity index (χ4n) is 1.73. The van der Waals surface area contributed by atoms with Crippen LogP contribution in [0.1, 0.15) is 43.6 Å². The van der Waals surface area contributed by atoms with E-state index in [4.69, 9.17) is 0 Å². The van der Waals surface area contributed by atoms with Crippen LogP contribution in [0.5, 0.6) is 0 Å². The lowest BCUT2D eigenvalue weighted by molar-refractivity contribution is 0.747. The Morgan fingerprint density at radius 1 is 1.14 bits per heavy atom. The Kier molecular flexibility index (Phi) is 5.12. The van der Waals surface area contributed by atoms with Crippen molar-refractivity contribution in [2.45, 2.75) is 50.7 Å². The molecule has 2 rings (SSSR count). The van der Waals surface area contributed by atoms with Crippen molar-refractivity contribution in [1.82, 2.24) is 19.9 Å². The third-order valence-corrected chi connectivity index (χ3v) is 3.91. The van der Waals surface area contributed by atoms with E-state index in [9.17, 15) is 0 Å². The molecule has 0 unspecified atom stereocenters. The Balaban J connectivity index is 2.38. The monoisotopic (exact) mass is 303 g/mol. The second kappa shape index (κ2) is 6.85. The Hall–Kier alpha value is -1.69. The number of anilines is 1. The van der Waals surface area contributed by atoms with Gasteiger partial charge in [-0.05, 0) is 38.1 Å². The van der Waals surface area contributed by atoms with Crippen LogP contribution < -0.4 is 5.32 Å². The highest BCUT2D eigenvalue weighted by molar-refractivity contribution is 7.99. The molecule has 2 aromatic rings. The van der Waals surface area contributed by atoms with Crippen molar-refractivity contribution in [3.8, 4) is 0 Å². The molecule has 2 aromatic heterocycles. The van der Waals surface area contributed by atoms with Crippen molar-refractivity contribution in [3.63, 3.8) is 0 Å². The minimum Gasteiger partial charge on any atom is -0.370 e. The largest absolute Gasteiger partial charge is 0.370 e. The van der Waals surface area contributed by atoms with Gasteiger partial charge in [0, 0.05) is 30.4 Å². The van der Waals surface area contributed by atoms with E-state index >= 15 is 0 Å². The molecule has 6 heteroatoms. The first kappa shape index (κ1) is 15.7. The molecule has 0 bridgehead atoms. The Morgan fingerprint density at radius 2 is 1.81 bits per heavy atom. The van der Waals surface area contributed by atoms with E-state index in [1.165, 1.54) is 11.8 Å². The Bertz CT molecular complexity index is 610. The maximum atomic E-state index is 4.66. The van der Waals surface area contributed by atoms with Crippen LogP contribution in [0.2, 0.25) is 0 Å². The first-order valence-corrected chi connectivity index (χ1v) is 7.91. The smallest absolute Gasteiger partial charge is 0.193 e. The lowest BCUT2D eigenvalue weighted by Gasteiger charge is -2.14. The number of nitrogens with one attached hydrogen (secondary N) is 1. The van der Waals surface area contributed by atoms with Crippen LogP contribution in [0.3, 0.4) is 0 Å². The quantitative estimate of drug-likeness (QED) is 0.672. The van der Waals surface area contributed by atoms with Crippen LogP contribution >= 0.6 is 11.8 Å². The number of aromatic nitrogens is 4. The van der Waals surface area contributed by atoms with Gasteiger partial charge in [0.15, 0.2) is 5.16 Å². The van der Waals surface area contributed by atoms with Gasteiger partial charge in [0.05, 0.1) is 0 Å². The third kappa shape index (κ3) is 3.91. The van der Waals surface area contributed by atoms with Gasteiger partial charge < -0.3 is 5.32 Å². The molecule has 0 aliphatic heterocycles. The molecule has 0 amide bonds. The molecule has 0 aromatic carbocycles. The summed E-state index contributed by atoms with van der Waals surface area (Å²) in [5, 5.41) is 4.92. The van der Waals surface area contributed by atoms with E-state index in [1.54, 1.807) is 0 Å². The molecular formula is C15H21N5S. The fraction of sp³-hybridized carbons (Fsp3) is 0.467. The van der Waals surface area contributed by atoms with Gasteiger partial charge in [0.25, 0.3) is 0 Å². The number of hydrogen-bond donors (Lipinski definition) is 1. The van der Waals surface area contributed by atoms with Crippen LogP contribution in [0.25, 0.3) is 0 Å². The average molecular weight is 303 g/mol. The minimum absolute atomic E-state index is 0.279. The van der Waals surface area contributed by atoms with Crippen LogP contribution in [-0.2, 0) is 0 Å².